The summed E-state index contributed by atoms with van der Waals surface area (Å²) in [5, 5.41) is 13.8. The zero-order chi connectivity index (χ0) is 20.1. The Bertz CT molecular complexity index is 1130. The highest BCUT2D eigenvalue weighted by atomic mass is 32.2. The molecule has 1 amide bonds. The minimum atomic E-state index is -4.29. The van der Waals surface area contributed by atoms with Crippen LogP contribution >= 0.6 is 0 Å². The van der Waals surface area contributed by atoms with Crippen LogP contribution in [0.4, 0.5) is 17.1 Å². The van der Waals surface area contributed by atoms with Crippen molar-refractivity contribution in [3.8, 4) is 0 Å². The van der Waals surface area contributed by atoms with E-state index in [1.54, 1.807) is 42.5 Å². The number of rotatable bonds is 6. The van der Waals surface area contributed by atoms with E-state index in [-0.39, 0.29) is 11.3 Å². The van der Waals surface area contributed by atoms with Crippen molar-refractivity contribution in [2.75, 3.05) is 10.0 Å². The van der Waals surface area contributed by atoms with E-state index in [2.05, 4.69) is 10.0 Å². The number of nitro benzene ring substituents is 1. The molecule has 0 aliphatic carbocycles. The number of carbonyl (C=O) groups excluding carboxylic acids is 1. The van der Waals surface area contributed by atoms with Gasteiger partial charge >= 0.3 is 0 Å². The normalized spacial score (nSPS) is 10.9. The molecule has 0 atom stereocenters. The van der Waals surface area contributed by atoms with E-state index in [1.807, 2.05) is 0 Å². The lowest BCUT2D eigenvalue weighted by Crippen LogP contribution is -2.19. The number of para-hydroxylation sites is 3. The van der Waals surface area contributed by atoms with Gasteiger partial charge in [-0.3, -0.25) is 19.6 Å². The smallest absolute Gasteiger partial charge is 0.289 e. The Balaban J connectivity index is 1.93. The zero-order valence-electron chi connectivity index (χ0n) is 14.4. The van der Waals surface area contributed by atoms with Crippen LogP contribution < -0.4 is 10.0 Å². The van der Waals surface area contributed by atoms with Crippen LogP contribution in [0.15, 0.2) is 83.8 Å². The fourth-order valence-corrected chi connectivity index (χ4v) is 3.78. The zero-order valence-corrected chi connectivity index (χ0v) is 15.2. The first kappa shape index (κ1) is 19.1. The summed E-state index contributed by atoms with van der Waals surface area (Å²) >= 11 is 0. The number of amides is 1. The molecule has 3 rings (SSSR count). The van der Waals surface area contributed by atoms with E-state index >= 15 is 0 Å². The van der Waals surface area contributed by atoms with Crippen LogP contribution in [0.3, 0.4) is 0 Å². The molecule has 142 valence electrons. The van der Waals surface area contributed by atoms with Crippen molar-refractivity contribution in [3.05, 3.63) is 94.5 Å². The van der Waals surface area contributed by atoms with Gasteiger partial charge in [0.2, 0.25) is 0 Å². The number of nitrogens with zero attached hydrogens (tertiary/aromatic N) is 1. The maximum atomic E-state index is 12.7. The molecular weight excluding hydrogens is 382 g/mol. The second kappa shape index (κ2) is 7.89. The maximum Gasteiger partial charge on any atom is 0.289 e. The van der Waals surface area contributed by atoms with Gasteiger partial charge in [-0.25, -0.2) is 8.42 Å². The Morgan fingerprint density at radius 3 is 2.18 bits per heavy atom. The largest absolute Gasteiger partial charge is 0.322 e. The molecule has 0 aromatic heterocycles. The molecule has 0 unspecified atom stereocenters. The van der Waals surface area contributed by atoms with Gasteiger partial charge in [0.15, 0.2) is 4.90 Å². The van der Waals surface area contributed by atoms with Crippen molar-refractivity contribution in [1.29, 1.82) is 0 Å². The van der Waals surface area contributed by atoms with Crippen LogP contribution in [0.2, 0.25) is 0 Å². The third-order valence-electron chi connectivity index (χ3n) is 3.80. The lowest BCUT2D eigenvalue weighted by atomic mass is 10.1. The number of benzene rings is 3. The van der Waals surface area contributed by atoms with Gasteiger partial charge in [-0.15, -0.1) is 0 Å². The van der Waals surface area contributed by atoms with Crippen molar-refractivity contribution in [1.82, 2.24) is 0 Å². The molecule has 2 N–H and O–H groups in total. The predicted octanol–water partition coefficient (Wildman–Crippen LogP) is 3.65. The summed E-state index contributed by atoms with van der Waals surface area (Å²) in [6.07, 6.45) is 0. The molecule has 0 bridgehead atoms. The number of nitrogens with one attached hydrogen (secondary N) is 2. The van der Waals surface area contributed by atoms with Gasteiger partial charge < -0.3 is 5.32 Å². The molecule has 3 aromatic rings. The molecule has 0 radical (unpaired) electrons. The molecule has 0 saturated carbocycles. The average molecular weight is 397 g/mol. The van der Waals surface area contributed by atoms with Gasteiger partial charge in [0, 0.05) is 11.8 Å². The minimum Gasteiger partial charge on any atom is -0.322 e. The van der Waals surface area contributed by atoms with Gasteiger partial charge in [-0.1, -0.05) is 42.5 Å². The molecule has 8 nitrogen and oxygen atoms in total. The molecular formula is C19H15N3O5S. The Kier molecular flexibility index (Phi) is 5.37. The van der Waals surface area contributed by atoms with Gasteiger partial charge in [-0.2, -0.15) is 0 Å². The second-order valence-corrected chi connectivity index (χ2v) is 7.35. The molecule has 3 aromatic carbocycles. The predicted molar refractivity (Wildman–Crippen MR) is 105 cm³/mol. The third kappa shape index (κ3) is 4.15. The summed E-state index contributed by atoms with van der Waals surface area (Å²) in [5.41, 5.74) is 0.0765. The quantitative estimate of drug-likeness (QED) is 0.486. The van der Waals surface area contributed by atoms with Crippen molar-refractivity contribution < 1.29 is 18.1 Å². The van der Waals surface area contributed by atoms with E-state index in [4.69, 9.17) is 0 Å². The topological polar surface area (TPSA) is 118 Å². The first-order chi connectivity index (χ1) is 13.4. The fourth-order valence-electron chi connectivity index (χ4n) is 2.53. The number of nitro groups is 1. The second-order valence-electron chi connectivity index (χ2n) is 5.70. The molecule has 0 fully saturated rings. The number of hydrogen-bond donors (Lipinski definition) is 2. The first-order valence-corrected chi connectivity index (χ1v) is 9.58. The summed E-state index contributed by atoms with van der Waals surface area (Å²) in [6.45, 7) is 0. The van der Waals surface area contributed by atoms with Gasteiger partial charge in [0.1, 0.15) is 0 Å². The monoisotopic (exact) mass is 397 g/mol. The van der Waals surface area contributed by atoms with Crippen LogP contribution in [-0.4, -0.2) is 19.2 Å². The van der Waals surface area contributed by atoms with Crippen molar-refractivity contribution in [2.45, 2.75) is 4.90 Å². The van der Waals surface area contributed by atoms with Crippen LogP contribution in [-0.2, 0) is 10.0 Å². The molecule has 0 saturated heterocycles. The van der Waals surface area contributed by atoms with E-state index in [0.717, 1.165) is 12.1 Å². The number of carbonyl (C=O) groups is 1. The van der Waals surface area contributed by atoms with Crippen LogP contribution in [0.25, 0.3) is 0 Å². The molecule has 0 heterocycles. The van der Waals surface area contributed by atoms with Gasteiger partial charge in [-0.05, 0) is 30.3 Å². The van der Waals surface area contributed by atoms with Gasteiger partial charge in [0.05, 0.1) is 16.2 Å². The Labute approximate surface area is 161 Å². The Morgan fingerprint density at radius 2 is 1.46 bits per heavy atom. The van der Waals surface area contributed by atoms with E-state index in [9.17, 15) is 23.3 Å². The minimum absolute atomic E-state index is 0.00841. The SMILES string of the molecule is O=C(Nc1ccccc1)c1ccccc1NS(=O)(=O)c1ccccc1[N+](=O)[O-]. The van der Waals surface area contributed by atoms with E-state index in [1.165, 1.54) is 24.3 Å². The Hall–Kier alpha value is -3.72. The summed E-state index contributed by atoms with van der Waals surface area (Å²) in [7, 11) is -4.29. The van der Waals surface area contributed by atoms with Crippen LogP contribution in [0.1, 0.15) is 10.4 Å². The molecule has 28 heavy (non-hydrogen) atoms. The number of anilines is 2. The highest BCUT2D eigenvalue weighted by Gasteiger charge is 2.26. The molecule has 0 aliphatic heterocycles. The summed E-state index contributed by atoms with van der Waals surface area (Å²) in [5.74, 6) is -0.521. The first-order valence-electron chi connectivity index (χ1n) is 8.10. The highest BCUT2D eigenvalue weighted by molar-refractivity contribution is 7.92. The summed E-state index contributed by atoms with van der Waals surface area (Å²) in [4.78, 5) is 22.5. The summed E-state index contributed by atoms with van der Waals surface area (Å²) in [6, 6.07) is 19.7. The standard InChI is InChI=1S/C19H15N3O5S/c23-19(20-14-8-2-1-3-9-14)15-10-4-5-11-16(15)21-28(26,27)18-13-7-6-12-17(18)22(24)25/h1-13,21H,(H,20,23). The highest BCUT2D eigenvalue weighted by Crippen LogP contribution is 2.27. The third-order valence-corrected chi connectivity index (χ3v) is 5.21. The average Bonchev–Trinajstić information content (AvgIpc) is 2.69. The van der Waals surface area contributed by atoms with E-state index < -0.39 is 31.4 Å². The van der Waals surface area contributed by atoms with Gasteiger partial charge in [0.25, 0.3) is 21.6 Å². The Morgan fingerprint density at radius 1 is 0.857 bits per heavy atom. The van der Waals surface area contributed by atoms with Crippen molar-refractivity contribution in [2.24, 2.45) is 0 Å². The molecule has 0 aliphatic rings. The summed E-state index contributed by atoms with van der Waals surface area (Å²) < 4.78 is 27.7. The lowest BCUT2D eigenvalue weighted by molar-refractivity contribution is -0.387. The molecule has 9 heteroatoms. The molecule has 0 spiro atoms. The van der Waals surface area contributed by atoms with Crippen LogP contribution in [0.5, 0.6) is 0 Å². The maximum absolute atomic E-state index is 12.7. The van der Waals surface area contributed by atoms with Crippen LogP contribution in [0, 0.1) is 10.1 Å². The lowest BCUT2D eigenvalue weighted by Gasteiger charge is -2.13. The van der Waals surface area contributed by atoms with Crippen molar-refractivity contribution >= 4 is 33.0 Å². The number of sulfonamides is 1. The van der Waals surface area contributed by atoms with Crippen molar-refractivity contribution in [3.63, 3.8) is 0 Å². The number of hydrogen-bond acceptors (Lipinski definition) is 5. The van der Waals surface area contributed by atoms with E-state index in [0.29, 0.717) is 5.69 Å². The fraction of sp³-hybridized carbons (Fsp3) is 0.